The first kappa shape index (κ1) is 16.1. The average Bonchev–Trinajstić information content (AvgIpc) is 3.22. The zero-order valence-electron chi connectivity index (χ0n) is 12.9. The number of carbonyl (C=O) groups excluding carboxylic acids is 1. The van der Waals surface area contributed by atoms with Crippen LogP contribution in [0, 0.1) is 5.92 Å². The first-order valence-electron chi connectivity index (χ1n) is 7.30. The number of hydrogen-bond acceptors (Lipinski definition) is 3. The molecular formula is C16H23ClN2O2. The van der Waals surface area contributed by atoms with E-state index in [4.69, 9.17) is 16.3 Å². The van der Waals surface area contributed by atoms with Gasteiger partial charge in [0.25, 0.3) is 0 Å². The molecule has 1 aliphatic carbocycles. The molecule has 1 aromatic carbocycles. The summed E-state index contributed by atoms with van der Waals surface area (Å²) in [6, 6.07) is 5.81. The number of likely N-dealkylation sites (N-methyl/N-ethyl adjacent to an activating group) is 1. The molecule has 1 aromatic rings. The molecule has 0 radical (unpaired) electrons. The molecule has 116 valence electrons. The first-order chi connectivity index (χ1) is 9.99. The summed E-state index contributed by atoms with van der Waals surface area (Å²) in [6.07, 6.45) is 2.47. The van der Waals surface area contributed by atoms with Gasteiger partial charge in [0.15, 0.2) is 0 Å². The van der Waals surface area contributed by atoms with Gasteiger partial charge in [0, 0.05) is 23.2 Å². The Hall–Kier alpha value is -1.26. The third-order valence-corrected chi connectivity index (χ3v) is 4.05. The van der Waals surface area contributed by atoms with Gasteiger partial charge in [0.2, 0.25) is 5.91 Å². The van der Waals surface area contributed by atoms with Crippen molar-refractivity contribution in [1.82, 2.24) is 10.2 Å². The molecular weight excluding hydrogens is 288 g/mol. The van der Waals surface area contributed by atoms with Gasteiger partial charge in [-0.25, -0.2) is 0 Å². The van der Waals surface area contributed by atoms with Crippen molar-refractivity contribution in [3.63, 3.8) is 0 Å². The standard InChI is InChI=1S/C16H23ClN2O2/c1-11(12-4-5-12)18-16(20)10-19(2)9-13-8-14(17)6-7-15(13)21-3/h6-8,11-12H,4-5,9-10H2,1-3H3,(H,18,20)/t11-/m0/s1. The minimum atomic E-state index is 0.0675. The maximum absolute atomic E-state index is 12.0. The van der Waals surface area contributed by atoms with E-state index in [1.165, 1.54) is 12.8 Å². The SMILES string of the molecule is COc1ccc(Cl)cc1CN(C)CC(=O)N[C@@H](C)C1CC1. The predicted octanol–water partition coefficient (Wildman–Crippen LogP) is 2.70. The molecule has 0 unspecified atom stereocenters. The van der Waals surface area contributed by atoms with Crippen LogP contribution in [0.1, 0.15) is 25.3 Å². The Balaban J connectivity index is 1.87. The van der Waals surface area contributed by atoms with Crippen LogP contribution < -0.4 is 10.1 Å². The molecule has 0 bridgehead atoms. The van der Waals surface area contributed by atoms with Crippen LogP contribution in [0.15, 0.2) is 18.2 Å². The van der Waals surface area contributed by atoms with Crippen LogP contribution in [0.5, 0.6) is 5.75 Å². The Morgan fingerprint density at radius 1 is 1.52 bits per heavy atom. The van der Waals surface area contributed by atoms with Crippen molar-refractivity contribution >= 4 is 17.5 Å². The van der Waals surface area contributed by atoms with E-state index in [2.05, 4.69) is 12.2 Å². The number of ether oxygens (including phenoxy) is 1. The van der Waals surface area contributed by atoms with Crippen molar-refractivity contribution < 1.29 is 9.53 Å². The number of benzene rings is 1. The average molecular weight is 311 g/mol. The van der Waals surface area contributed by atoms with Crippen LogP contribution in [0.2, 0.25) is 5.02 Å². The van der Waals surface area contributed by atoms with Crippen LogP contribution in [0.3, 0.4) is 0 Å². The Bertz CT molecular complexity index is 503. The van der Waals surface area contributed by atoms with E-state index >= 15 is 0 Å². The lowest BCUT2D eigenvalue weighted by Crippen LogP contribution is -2.40. The number of nitrogens with zero attached hydrogens (tertiary/aromatic N) is 1. The number of rotatable bonds is 7. The summed E-state index contributed by atoms with van der Waals surface area (Å²) >= 11 is 6.02. The van der Waals surface area contributed by atoms with E-state index in [-0.39, 0.29) is 11.9 Å². The number of amides is 1. The molecule has 21 heavy (non-hydrogen) atoms. The van der Waals surface area contributed by atoms with Crippen molar-refractivity contribution in [2.45, 2.75) is 32.4 Å². The highest BCUT2D eigenvalue weighted by Gasteiger charge is 2.28. The molecule has 5 heteroatoms. The maximum atomic E-state index is 12.0. The van der Waals surface area contributed by atoms with Gasteiger partial charge >= 0.3 is 0 Å². The molecule has 1 amide bonds. The minimum absolute atomic E-state index is 0.0675. The molecule has 0 aliphatic heterocycles. The van der Waals surface area contributed by atoms with E-state index in [9.17, 15) is 4.79 Å². The van der Waals surface area contributed by atoms with E-state index in [0.717, 1.165) is 11.3 Å². The topological polar surface area (TPSA) is 41.6 Å². The second kappa shape index (κ2) is 7.14. The Morgan fingerprint density at radius 3 is 2.86 bits per heavy atom. The molecule has 2 rings (SSSR count). The van der Waals surface area contributed by atoms with Crippen molar-refractivity contribution in [3.8, 4) is 5.75 Å². The molecule has 0 aromatic heterocycles. The highest BCUT2D eigenvalue weighted by atomic mass is 35.5. The van der Waals surface area contributed by atoms with E-state index < -0.39 is 0 Å². The summed E-state index contributed by atoms with van der Waals surface area (Å²) in [4.78, 5) is 14.0. The van der Waals surface area contributed by atoms with Crippen LogP contribution in [0.4, 0.5) is 0 Å². The molecule has 0 saturated heterocycles. The van der Waals surface area contributed by atoms with Crippen molar-refractivity contribution in [3.05, 3.63) is 28.8 Å². The summed E-state index contributed by atoms with van der Waals surface area (Å²) < 4.78 is 5.32. The molecule has 1 N–H and O–H groups in total. The number of methoxy groups -OCH3 is 1. The molecule has 0 spiro atoms. The third kappa shape index (κ3) is 4.90. The lowest BCUT2D eigenvalue weighted by atomic mass is 10.2. The smallest absolute Gasteiger partial charge is 0.234 e. The Labute approximate surface area is 131 Å². The third-order valence-electron chi connectivity index (χ3n) is 3.81. The van der Waals surface area contributed by atoms with Crippen molar-refractivity contribution in [2.75, 3.05) is 20.7 Å². The van der Waals surface area contributed by atoms with Gasteiger partial charge in [-0.05, 0) is 50.9 Å². The first-order valence-corrected chi connectivity index (χ1v) is 7.67. The van der Waals surface area contributed by atoms with Gasteiger partial charge < -0.3 is 10.1 Å². The summed E-state index contributed by atoms with van der Waals surface area (Å²) in [5, 5.41) is 3.73. The fourth-order valence-corrected chi connectivity index (χ4v) is 2.67. The molecule has 1 atom stereocenters. The predicted molar refractivity (Wildman–Crippen MR) is 84.7 cm³/mol. The van der Waals surface area contributed by atoms with E-state index in [1.807, 2.05) is 24.1 Å². The fraction of sp³-hybridized carbons (Fsp3) is 0.562. The highest BCUT2D eigenvalue weighted by Crippen LogP contribution is 2.32. The Morgan fingerprint density at radius 2 is 2.24 bits per heavy atom. The Kier molecular flexibility index (Phi) is 5.48. The molecule has 1 saturated carbocycles. The quantitative estimate of drug-likeness (QED) is 0.842. The zero-order valence-corrected chi connectivity index (χ0v) is 13.6. The van der Waals surface area contributed by atoms with Gasteiger partial charge in [0.1, 0.15) is 5.75 Å². The molecule has 1 aliphatic rings. The van der Waals surface area contributed by atoms with Gasteiger partial charge in [0.05, 0.1) is 13.7 Å². The minimum Gasteiger partial charge on any atom is -0.496 e. The summed E-state index contributed by atoms with van der Waals surface area (Å²) in [6.45, 7) is 3.07. The van der Waals surface area contributed by atoms with Crippen molar-refractivity contribution in [2.24, 2.45) is 5.92 Å². The number of carbonyl (C=O) groups is 1. The fourth-order valence-electron chi connectivity index (χ4n) is 2.48. The summed E-state index contributed by atoms with van der Waals surface area (Å²) in [5.74, 6) is 1.53. The van der Waals surface area contributed by atoms with Crippen LogP contribution in [-0.4, -0.2) is 37.6 Å². The monoisotopic (exact) mass is 310 g/mol. The molecule has 1 fully saturated rings. The second-order valence-electron chi connectivity index (χ2n) is 5.82. The largest absolute Gasteiger partial charge is 0.496 e. The van der Waals surface area contributed by atoms with E-state index in [0.29, 0.717) is 24.0 Å². The van der Waals surface area contributed by atoms with Crippen LogP contribution in [-0.2, 0) is 11.3 Å². The van der Waals surface area contributed by atoms with Gasteiger partial charge in [-0.2, -0.15) is 0 Å². The number of halogens is 1. The molecule has 0 heterocycles. The normalized spacial score (nSPS) is 15.9. The van der Waals surface area contributed by atoms with Crippen molar-refractivity contribution in [1.29, 1.82) is 0 Å². The number of nitrogens with one attached hydrogen (secondary N) is 1. The second-order valence-corrected chi connectivity index (χ2v) is 6.26. The van der Waals surface area contributed by atoms with E-state index in [1.54, 1.807) is 13.2 Å². The summed E-state index contributed by atoms with van der Waals surface area (Å²) in [5.41, 5.74) is 0.982. The van der Waals surface area contributed by atoms with Crippen LogP contribution >= 0.6 is 11.6 Å². The highest BCUT2D eigenvalue weighted by molar-refractivity contribution is 6.30. The van der Waals surface area contributed by atoms with Crippen LogP contribution in [0.25, 0.3) is 0 Å². The van der Waals surface area contributed by atoms with Gasteiger partial charge in [-0.1, -0.05) is 11.6 Å². The zero-order chi connectivity index (χ0) is 15.4. The summed E-state index contributed by atoms with van der Waals surface area (Å²) in [7, 11) is 3.55. The molecule has 4 nitrogen and oxygen atoms in total. The number of hydrogen-bond donors (Lipinski definition) is 1. The van der Waals surface area contributed by atoms with Gasteiger partial charge in [-0.15, -0.1) is 0 Å². The lowest BCUT2D eigenvalue weighted by Gasteiger charge is -2.20. The maximum Gasteiger partial charge on any atom is 0.234 e. The lowest BCUT2D eigenvalue weighted by molar-refractivity contribution is -0.122. The van der Waals surface area contributed by atoms with Gasteiger partial charge in [-0.3, -0.25) is 9.69 Å².